The van der Waals surface area contributed by atoms with Crippen LogP contribution in [0.25, 0.3) is 0 Å². The van der Waals surface area contributed by atoms with Gasteiger partial charge in [-0.25, -0.2) is 4.79 Å². The summed E-state index contributed by atoms with van der Waals surface area (Å²) < 4.78 is 14.1. The Kier molecular flexibility index (Phi) is 15.6. The maximum absolute atomic E-state index is 12.5. The summed E-state index contributed by atoms with van der Waals surface area (Å²) in [4.78, 5) is 36.3. The van der Waals surface area contributed by atoms with Gasteiger partial charge in [0.2, 0.25) is 5.91 Å². The standard InChI is InChI=1S/C44H67ClN6O6S/c1-43(2,19-11-5-6-12-20-45)30-23-35(52)40-32-22-29(17-18-33(32)44(3,4)57-36(40)24-30)25-51-26-31(49-50-51)27-56-39(54)16-8-7-13-21-46-38(53)15-10-9-14-37-41-34(28-58-37)47-42(55)48-41/h23-24,26,29,32-34,37,41,52H,5-22,25,27-28H2,1-4H3,(H,46,53)(H2,47,48,55)/t29-,32-,33-,34+,37?,41+/m1/s1. The predicted octanol–water partition coefficient (Wildman–Crippen LogP) is 8.27. The molecular formula is C44H67ClN6O6S. The second kappa shape index (κ2) is 20.4. The molecule has 6 atom stereocenters. The van der Waals surface area contributed by atoms with Gasteiger partial charge >= 0.3 is 12.0 Å². The number of carbonyl (C=O) groups excluding carboxylic acids is 3. The number of ether oxygens (including phenoxy) is 2. The van der Waals surface area contributed by atoms with E-state index >= 15 is 0 Å². The van der Waals surface area contributed by atoms with Crippen LogP contribution in [0.2, 0.25) is 0 Å². The Bertz CT molecular complexity index is 1700. The average molecular weight is 844 g/mol. The van der Waals surface area contributed by atoms with Gasteiger partial charge in [0.1, 0.15) is 29.4 Å². The summed E-state index contributed by atoms with van der Waals surface area (Å²) in [5.41, 5.74) is 2.28. The lowest BCUT2D eigenvalue weighted by Crippen LogP contribution is -2.47. The number of phenols is 1. The summed E-state index contributed by atoms with van der Waals surface area (Å²) in [5, 5.41) is 29.6. The zero-order valence-electron chi connectivity index (χ0n) is 35.2. The fourth-order valence-electron chi connectivity index (χ4n) is 9.70. The van der Waals surface area contributed by atoms with Crippen LogP contribution in [-0.2, 0) is 32.9 Å². The van der Waals surface area contributed by atoms with Gasteiger partial charge < -0.3 is 30.5 Å². The molecule has 6 rings (SSSR count). The quantitative estimate of drug-likeness (QED) is 0.0397. The largest absolute Gasteiger partial charge is 0.508 e. The Labute approximate surface area is 354 Å². The summed E-state index contributed by atoms with van der Waals surface area (Å²) in [5.74, 6) is 3.51. The van der Waals surface area contributed by atoms with Crippen LogP contribution in [-0.4, -0.2) is 79.1 Å². The number of rotatable bonds is 22. The van der Waals surface area contributed by atoms with Gasteiger partial charge in [0.25, 0.3) is 0 Å². The molecule has 0 spiro atoms. The van der Waals surface area contributed by atoms with E-state index in [0.717, 1.165) is 112 Å². The molecule has 1 saturated carbocycles. The van der Waals surface area contributed by atoms with Gasteiger partial charge in [0, 0.05) is 54.3 Å². The number of benzene rings is 1. The summed E-state index contributed by atoms with van der Waals surface area (Å²) >= 11 is 7.78. The van der Waals surface area contributed by atoms with Gasteiger partial charge in [-0.2, -0.15) is 11.8 Å². The molecule has 0 bridgehead atoms. The Morgan fingerprint density at radius 1 is 1.07 bits per heavy atom. The van der Waals surface area contributed by atoms with Crippen LogP contribution in [0.4, 0.5) is 4.79 Å². The van der Waals surface area contributed by atoms with Crippen LogP contribution in [0.1, 0.15) is 153 Å². The third-order valence-corrected chi connectivity index (χ3v) is 14.8. The molecule has 322 valence electrons. The number of nitrogens with one attached hydrogen (secondary N) is 3. The lowest BCUT2D eigenvalue weighted by Gasteiger charge is -2.49. The first-order valence-corrected chi connectivity index (χ1v) is 23.5. The number of carbonyl (C=O) groups is 3. The molecule has 2 saturated heterocycles. The van der Waals surface area contributed by atoms with E-state index in [1.807, 2.05) is 28.7 Å². The lowest BCUT2D eigenvalue weighted by atomic mass is 9.63. The minimum absolute atomic E-state index is 0.0634. The molecule has 1 aliphatic carbocycles. The number of urea groups is 1. The summed E-state index contributed by atoms with van der Waals surface area (Å²) in [7, 11) is 0. The first-order valence-electron chi connectivity index (χ1n) is 22.0. The highest BCUT2D eigenvalue weighted by Crippen LogP contribution is 2.56. The van der Waals surface area contributed by atoms with Crippen molar-refractivity contribution in [1.29, 1.82) is 0 Å². The van der Waals surface area contributed by atoms with Crippen LogP contribution >= 0.6 is 23.4 Å². The SMILES string of the molecule is CC(C)(CCCCCCCl)c1cc(O)c2c(c1)OC(C)(C)[C@@H]1CC[C@@H](Cn3cc(COC(=O)CCCCCNC(=O)CCCCC4SC[C@@H]5NC(=O)N[C@H]45)nn3)C[C@@H]21. The Hall–Kier alpha value is -3.19. The van der Waals surface area contributed by atoms with Gasteiger partial charge in [-0.3, -0.25) is 14.3 Å². The number of esters is 1. The van der Waals surface area contributed by atoms with Crippen molar-refractivity contribution in [2.24, 2.45) is 11.8 Å². The van der Waals surface area contributed by atoms with E-state index in [0.29, 0.717) is 60.9 Å². The van der Waals surface area contributed by atoms with E-state index < -0.39 is 0 Å². The van der Waals surface area contributed by atoms with Gasteiger partial charge in [0.15, 0.2) is 0 Å². The van der Waals surface area contributed by atoms with Gasteiger partial charge in [-0.05, 0) is 107 Å². The molecule has 3 amide bonds. The molecule has 3 fully saturated rings. The lowest BCUT2D eigenvalue weighted by molar-refractivity contribution is -0.145. The van der Waals surface area contributed by atoms with Crippen LogP contribution in [0.5, 0.6) is 11.5 Å². The smallest absolute Gasteiger partial charge is 0.315 e. The van der Waals surface area contributed by atoms with E-state index in [1.165, 1.54) is 0 Å². The molecule has 1 aromatic heterocycles. The monoisotopic (exact) mass is 842 g/mol. The highest BCUT2D eigenvalue weighted by atomic mass is 35.5. The molecular weight excluding hydrogens is 776 g/mol. The number of aromatic nitrogens is 3. The molecule has 0 radical (unpaired) electrons. The van der Waals surface area contributed by atoms with Crippen molar-refractivity contribution >= 4 is 41.3 Å². The minimum atomic E-state index is -0.338. The Morgan fingerprint density at radius 3 is 2.69 bits per heavy atom. The van der Waals surface area contributed by atoms with Crippen LogP contribution < -0.4 is 20.7 Å². The fourth-order valence-corrected chi connectivity index (χ4v) is 11.4. The van der Waals surface area contributed by atoms with Gasteiger partial charge in [-0.1, -0.05) is 51.2 Å². The van der Waals surface area contributed by atoms with Gasteiger partial charge in [0.05, 0.1) is 18.3 Å². The van der Waals surface area contributed by atoms with Gasteiger partial charge in [-0.15, -0.1) is 16.7 Å². The zero-order chi connectivity index (χ0) is 41.3. The highest BCUT2D eigenvalue weighted by molar-refractivity contribution is 8.00. The molecule has 4 N–H and O–H groups in total. The van der Waals surface area contributed by atoms with Crippen molar-refractivity contribution < 1.29 is 29.0 Å². The van der Waals surface area contributed by atoms with Crippen molar-refractivity contribution in [2.45, 2.75) is 178 Å². The number of amides is 3. The molecule has 12 nitrogen and oxygen atoms in total. The summed E-state index contributed by atoms with van der Waals surface area (Å²) in [6.07, 6.45) is 16.4. The normalized spacial score (nSPS) is 24.5. The number of unbranched alkanes of at least 4 members (excludes halogenated alkanes) is 6. The number of fused-ring (bicyclic) bond motifs is 4. The molecule has 58 heavy (non-hydrogen) atoms. The first-order chi connectivity index (χ1) is 27.8. The van der Waals surface area contributed by atoms with Crippen molar-refractivity contribution in [2.75, 3.05) is 18.2 Å². The van der Waals surface area contributed by atoms with E-state index in [-0.39, 0.29) is 53.5 Å². The van der Waals surface area contributed by atoms with Crippen LogP contribution in [0, 0.1) is 11.8 Å². The highest BCUT2D eigenvalue weighted by Gasteiger charge is 2.48. The summed E-state index contributed by atoms with van der Waals surface area (Å²) in [6.45, 7) is 10.3. The maximum Gasteiger partial charge on any atom is 0.315 e. The summed E-state index contributed by atoms with van der Waals surface area (Å²) in [6, 6.07) is 4.56. The second-order valence-electron chi connectivity index (χ2n) is 18.4. The zero-order valence-corrected chi connectivity index (χ0v) is 36.7. The Balaban J connectivity index is 0.870. The number of nitrogens with zero attached hydrogens (tertiary/aromatic N) is 3. The van der Waals surface area contributed by atoms with Crippen molar-refractivity contribution in [3.63, 3.8) is 0 Å². The number of aromatic hydroxyl groups is 1. The number of halogens is 1. The molecule has 4 heterocycles. The van der Waals surface area contributed by atoms with Crippen molar-refractivity contribution in [1.82, 2.24) is 30.9 Å². The van der Waals surface area contributed by atoms with Crippen molar-refractivity contribution in [3.05, 3.63) is 35.2 Å². The molecule has 1 aromatic carbocycles. The number of alkyl halides is 1. The Morgan fingerprint density at radius 2 is 1.86 bits per heavy atom. The molecule has 4 aliphatic rings. The number of hydrogen-bond donors (Lipinski definition) is 4. The topological polar surface area (TPSA) is 157 Å². The average Bonchev–Trinajstić information content (AvgIpc) is 3.89. The maximum atomic E-state index is 12.5. The third kappa shape index (κ3) is 11.8. The molecule has 2 aromatic rings. The van der Waals surface area contributed by atoms with E-state index in [9.17, 15) is 19.5 Å². The number of phenolic OH excluding ortho intramolecular Hbond substituents is 1. The molecule has 14 heteroatoms. The van der Waals surface area contributed by atoms with Crippen LogP contribution in [0.3, 0.4) is 0 Å². The molecule has 1 unspecified atom stereocenters. The van der Waals surface area contributed by atoms with E-state index in [4.69, 9.17) is 21.1 Å². The minimum Gasteiger partial charge on any atom is -0.508 e. The van der Waals surface area contributed by atoms with Crippen LogP contribution in [0.15, 0.2) is 18.3 Å². The number of hydrogen-bond acceptors (Lipinski definition) is 9. The second-order valence-corrected chi connectivity index (χ2v) is 20.0. The van der Waals surface area contributed by atoms with E-state index in [1.54, 1.807) is 0 Å². The third-order valence-electron chi connectivity index (χ3n) is 13.1. The number of thioether (sulfide) groups is 1. The predicted molar refractivity (Wildman–Crippen MR) is 228 cm³/mol. The fraction of sp³-hybridized carbons (Fsp3) is 0.750. The first kappa shape index (κ1) is 44.4. The van der Waals surface area contributed by atoms with Crippen molar-refractivity contribution in [3.8, 4) is 11.5 Å². The van der Waals surface area contributed by atoms with E-state index in [2.05, 4.69) is 60.0 Å². The molecule has 3 aliphatic heterocycles.